The Kier molecular flexibility index (Phi) is 2.07. The van der Waals surface area contributed by atoms with Gasteiger partial charge in [0.05, 0.1) is 5.69 Å². The van der Waals surface area contributed by atoms with Crippen molar-refractivity contribution in [2.24, 2.45) is 0 Å². The number of H-pyrrole nitrogens is 1. The molecule has 0 bridgehead atoms. The second kappa shape index (κ2) is 3.70. The van der Waals surface area contributed by atoms with Crippen LogP contribution in [0.25, 0.3) is 16.9 Å². The molecule has 2 aromatic heterocycles. The van der Waals surface area contributed by atoms with E-state index in [9.17, 15) is 0 Å². The van der Waals surface area contributed by atoms with Crippen molar-refractivity contribution >= 4 is 0 Å². The fourth-order valence-corrected chi connectivity index (χ4v) is 1.73. The molecule has 0 spiro atoms. The first-order chi connectivity index (χ1) is 7.93. The number of benzene rings is 1. The fourth-order valence-electron chi connectivity index (χ4n) is 1.73. The van der Waals surface area contributed by atoms with Gasteiger partial charge in [-0.05, 0) is 35.9 Å². The van der Waals surface area contributed by atoms with E-state index in [1.165, 1.54) is 5.56 Å². The molecule has 2 heterocycles. The lowest BCUT2D eigenvalue weighted by molar-refractivity contribution is 0.881. The van der Waals surface area contributed by atoms with Crippen molar-refractivity contribution in [2.45, 2.75) is 0 Å². The highest BCUT2D eigenvalue weighted by Gasteiger charge is 1.99. The molecule has 1 aromatic carbocycles. The molecule has 0 saturated heterocycles. The molecule has 3 rings (SSSR count). The Morgan fingerprint density at radius 3 is 2.50 bits per heavy atom. The summed E-state index contributed by atoms with van der Waals surface area (Å²) in [5.41, 5.74) is 3.38. The summed E-state index contributed by atoms with van der Waals surface area (Å²) < 4.78 is 1.85. The predicted octanol–water partition coefficient (Wildman–Crippen LogP) is 2.87. The molecular formula is C13H11N3. The van der Waals surface area contributed by atoms with Crippen LogP contribution in [0.5, 0.6) is 0 Å². The first-order valence-electron chi connectivity index (χ1n) is 5.17. The molecule has 0 unspecified atom stereocenters. The molecule has 0 saturated carbocycles. The van der Waals surface area contributed by atoms with E-state index in [1.807, 2.05) is 29.2 Å². The molecule has 3 heteroatoms. The van der Waals surface area contributed by atoms with E-state index in [-0.39, 0.29) is 0 Å². The quantitative estimate of drug-likeness (QED) is 0.691. The van der Waals surface area contributed by atoms with Crippen molar-refractivity contribution in [3.63, 3.8) is 0 Å². The minimum Gasteiger partial charge on any atom is -0.361 e. The van der Waals surface area contributed by atoms with Gasteiger partial charge in [0.1, 0.15) is 0 Å². The molecule has 0 radical (unpaired) electrons. The lowest BCUT2D eigenvalue weighted by atomic mass is 10.1. The first kappa shape index (κ1) is 8.97. The largest absolute Gasteiger partial charge is 0.361 e. The van der Waals surface area contributed by atoms with Gasteiger partial charge < -0.3 is 4.98 Å². The summed E-state index contributed by atoms with van der Waals surface area (Å²) >= 11 is 0. The van der Waals surface area contributed by atoms with E-state index in [0.717, 1.165) is 11.4 Å². The van der Waals surface area contributed by atoms with Crippen LogP contribution < -0.4 is 0 Å². The Balaban J connectivity index is 1.97. The smallest absolute Gasteiger partial charge is 0.0645 e. The summed E-state index contributed by atoms with van der Waals surface area (Å²) in [6.45, 7) is 0. The summed E-state index contributed by atoms with van der Waals surface area (Å²) in [7, 11) is 0. The van der Waals surface area contributed by atoms with Gasteiger partial charge in [-0.2, -0.15) is 5.10 Å². The van der Waals surface area contributed by atoms with Gasteiger partial charge in [-0.1, -0.05) is 12.1 Å². The van der Waals surface area contributed by atoms with Crippen molar-refractivity contribution in [3.8, 4) is 16.9 Å². The number of rotatable bonds is 2. The van der Waals surface area contributed by atoms with E-state index in [4.69, 9.17) is 0 Å². The number of hydrogen-bond donors (Lipinski definition) is 1. The van der Waals surface area contributed by atoms with Gasteiger partial charge in [0.2, 0.25) is 0 Å². The summed E-state index contributed by atoms with van der Waals surface area (Å²) in [5.74, 6) is 0. The number of aromatic amines is 1. The second-order valence-corrected chi connectivity index (χ2v) is 3.58. The first-order valence-corrected chi connectivity index (χ1v) is 5.17. The average molecular weight is 209 g/mol. The number of nitrogens with one attached hydrogen (secondary N) is 1. The van der Waals surface area contributed by atoms with Gasteiger partial charge in [0.15, 0.2) is 0 Å². The molecule has 3 nitrogen and oxygen atoms in total. The Hall–Kier alpha value is -2.29. The maximum absolute atomic E-state index is 4.19. The Morgan fingerprint density at radius 1 is 1.00 bits per heavy atom. The van der Waals surface area contributed by atoms with Gasteiger partial charge in [0, 0.05) is 24.3 Å². The van der Waals surface area contributed by atoms with Gasteiger partial charge >= 0.3 is 0 Å². The molecule has 78 valence electrons. The van der Waals surface area contributed by atoms with E-state index < -0.39 is 0 Å². The minimum atomic E-state index is 1.07. The third-order valence-electron chi connectivity index (χ3n) is 2.55. The van der Waals surface area contributed by atoms with Crippen molar-refractivity contribution in [3.05, 3.63) is 61.1 Å². The van der Waals surface area contributed by atoms with E-state index in [1.54, 1.807) is 6.20 Å². The molecule has 0 atom stereocenters. The molecule has 0 amide bonds. The number of hydrogen-bond acceptors (Lipinski definition) is 1. The highest BCUT2D eigenvalue weighted by Crippen LogP contribution is 2.18. The third kappa shape index (κ3) is 1.52. The Bertz CT molecular complexity index is 495. The number of nitrogens with zero attached hydrogens (tertiary/aromatic N) is 2. The topological polar surface area (TPSA) is 33.6 Å². The average Bonchev–Trinajstić information content (AvgIpc) is 3.03. The van der Waals surface area contributed by atoms with Crippen molar-refractivity contribution in [1.82, 2.24) is 14.8 Å². The lowest BCUT2D eigenvalue weighted by Gasteiger charge is -2.02. The van der Waals surface area contributed by atoms with Crippen LogP contribution in [0, 0.1) is 0 Å². The molecule has 3 aromatic rings. The monoisotopic (exact) mass is 209 g/mol. The summed E-state index contributed by atoms with van der Waals surface area (Å²) in [5, 5.41) is 4.19. The van der Waals surface area contributed by atoms with E-state index in [0.29, 0.717) is 0 Å². The van der Waals surface area contributed by atoms with Gasteiger partial charge in [0.25, 0.3) is 0 Å². The maximum Gasteiger partial charge on any atom is 0.0645 e. The zero-order chi connectivity index (χ0) is 10.8. The molecule has 16 heavy (non-hydrogen) atoms. The van der Waals surface area contributed by atoms with Crippen LogP contribution in [0.2, 0.25) is 0 Å². The van der Waals surface area contributed by atoms with Crippen LogP contribution in [0.4, 0.5) is 0 Å². The Morgan fingerprint density at radius 2 is 1.88 bits per heavy atom. The summed E-state index contributed by atoms with van der Waals surface area (Å²) in [4.78, 5) is 3.19. The second-order valence-electron chi connectivity index (χ2n) is 3.58. The van der Waals surface area contributed by atoms with Gasteiger partial charge in [-0.15, -0.1) is 0 Å². The minimum absolute atomic E-state index is 1.07. The SMILES string of the molecule is c1c[nH]c(-c2ccc(-n3cccn3)cc2)c1. The summed E-state index contributed by atoms with van der Waals surface area (Å²) in [6.07, 6.45) is 5.64. The zero-order valence-corrected chi connectivity index (χ0v) is 8.67. The van der Waals surface area contributed by atoms with Crippen LogP contribution in [-0.4, -0.2) is 14.8 Å². The predicted molar refractivity (Wildman–Crippen MR) is 63.4 cm³/mol. The highest BCUT2D eigenvalue weighted by molar-refractivity contribution is 5.60. The molecular weight excluding hydrogens is 198 g/mol. The maximum atomic E-state index is 4.19. The number of aromatic nitrogens is 3. The zero-order valence-electron chi connectivity index (χ0n) is 8.67. The highest BCUT2D eigenvalue weighted by atomic mass is 15.3. The van der Waals surface area contributed by atoms with Crippen LogP contribution in [0.1, 0.15) is 0 Å². The van der Waals surface area contributed by atoms with Crippen LogP contribution in [-0.2, 0) is 0 Å². The molecule has 0 fully saturated rings. The molecule has 0 aliphatic carbocycles. The third-order valence-corrected chi connectivity index (χ3v) is 2.55. The Labute approximate surface area is 93.4 Å². The molecule has 0 aliphatic rings. The molecule has 1 N–H and O–H groups in total. The van der Waals surface area contributed by atoms with E-state index in [2.05, 4.69) is 40.4 Å². The standard InChI is InChI=1S/C13H11N3/c1-3-13(14-8-1)11-4-6-12(7-5-11)16-10-2-9-15-16/h1-10,14H. The van der Waals surface area contributed by atoms with Crippen molar-refractivity contribution < 1.29 is 0 Å². The van der Waals surface area contributed by atoms with E-state index >= 15 is 0 Å². The van der Waals surface area contributed by atoms with Gasteiger partial charge in [-0.3, -0.25) is 0 Å². The fraction of sp³-hybridized carbons (Fsp3) is 0. The van der Waals surface area contributed by atoms with Crippen molar-refractivity contribution in [1.29, 1.82) is 0 Å². The van der Waals surface area contributed by atoms with Crippen LogP contribution in [0.3, 0.4) is 0 Å². The van der Waals surface area contributed by atoms with Gasteiger partial charge in [-0.25, -0.2) is 4.68 Å². The van der Waals surface area contributed by atoms with Crippen molar-refractivity contribution in [2.75, 3.05) is 0 Å². The lowest BCUT2D eigenvalue weighted by Crippen LogP contribution is -1.93. The normalized spacial score (nSPS) is 10.5. The summed E-state index contributed by atoms with van der Waals surface area (Å²) in [6, 6.07) is 14.3. The molecule has 0 aliphatic heterocycles. The van der Waals surface area contributed by atoms with Crippen LogP contribution >= 0.6 is 0 Å². The van der Waals surface area contributed by atoms with Crippen LogP contribution in [0.15, 0.2) is 61.1 Å².